The van der Waals surface area contributed by atoms with Crippen LogP contribution in [0.5, 0.6) is 5.75 Å². The normalized spacial score (nSPS) is 17.3. The maximum atomic E-state index is 12.6. The summed E-state index contributed by atoms with van der Waals surface area (Å²) in [5.41, 5.74) is 1.14. The van der Waals surface area contributed by atoms with Gasteiger partial charge in [0.15, 0.2) is 0 Å². The molecule has 0 saturated carbocycles. The highest BCUT2D eigenvalue weighted by atomic mass is 16.5. The lowest BCUT2D eigenvalue weighted by Crippen LogP contribution is -2.30. The Hall–Kier alpha value is -2.43. The van der Waals surface area contributed by atoms with Crippen LogP contribution >= 0.6 is 0 Å². The molecule has 0 radical (unpaired) electrons. The van der Waals surface area contributed by atoms with Crippen LogP contribution in [0.1, 0.15) is 36.7 Å². The van der Waals surface area contributed by atoms with Crippen LogP contribution in [0.2, 0.25) is 0 Å². The quantitative estimate of drug-likeness (QED) is 0.852. The molecule has 1 amide bonds. The monoisotopic (exact) mass is 311 g/mol. The highest BCUT2D eigenvalue weighted by Crippen LogP contribution is 2.33. The van der Waals surface area contributed by atoms with E-state index in [9.17, 15) is 4.79 Å². The Balaban J connectivity index is 1.67. The fourth-order valence-electron chi connectivity index (χ4n) is 3.08. The number of carbonyl (C=O) groups is 1. The number of likely N-dealkylation sites (tertiary alicyclic amines) is 1. The minimum atomic E-state index is 0.147. The average Bonchev–Trinajstić information content (AvgIpc) is 3.10. The Morgan fingerprint density at radius 1 is 1.30 bits per heavy atom. The van der Waals surface area contributed by atoms with Crippen LogP contribution in [-0.4, -0.2) is 34.4 Å². The molecule has 120 valence electrons. The minimum Gasteiger partial charge on any atom is -0.497 e. The standard InChI is InChI=1S/C18H21N3O2/c1-23-15-6-2-5-14(13-15)16-7-3-12-21(16)18(22)9-8-17-19-10-4-11-20-17/h2,4-6,10-11,13,16H,3,7-9,12H2,1H3. The van der Waals surface area contributed by atoms with Gasteiger partial charge in [0.05, 0.1) is 13.2 Å². The first-order valence-electron chi connectivity index (χ1n) is 7.97. The number of methoxy groups -OCH3 is 1. The first kappa shape index (κ1) is 15.5. The maximum Gasteiger partial charge on any atom is 0.223 e. The number of hydrogen-bond donors (Lipinski definition) is 0. The van der Waals surface area contributed by atoms with Crippen LogP contribution in [-0.2, 0) is 11.2 Å². The summed E-state index contributed by atoms with van der Waals surface area (Å²) in [6, 6.07) is 9.93. The number of aryl methyl sites for hydroxylation is 1. The molecule has 1 aliphatic rings. The molecule has 5 heteroatoms. The third-order valence-corrected chi connectivity index (χ3v) is 4.23. The van der Waals surface area contributed by atoms with Crippen molar-refractivity contribution in [1.82, 2.24) is 14.9 Å². The van der Waals surface area contributed by atoms with E-state index in [1.165, 1.54) is 0 Å². The van der Waals surface area contributed by atoms with E-state index >= 15 is 0 Å². The molecule has 2 aromatic rings. The van der Waals surface area contributed by atoms with Crippen molar-refractivity contribution in [3.63, 3.8) is 0 Å². The summed E-state index contributed by atoms with van der Waals surface area (Å²) in [6.07, 6.45) is 6.49. The van der Waals surface area contributed by atoms with Gasteiger partial charge in [0.1, 0.15) is 11.6 Å². The van der Waals surface area contributed by atoms with Gasteiger partial charge in [-0.05, 0) is 36.6 Å². The number of ether oxygens (including phenoxy) is 1. The predicted molar refractivity (Wildman–Crippen MR) is 87.0 cm³/mol. The van der Waals surface area contributed by atoms with Gasteiger partial charge in [-0.1, -0.05) is 12.1 Å². The van der Waals surface area contributed by atoms with Crippen molar-refractivity contribution >= 4 is 5.91 Å². The SMILES string of the molecule is COc1cccc(C2CCCN2C(=O)CCc2ncccn2)c1. The summed E-state index contributed by atoms with van der Waals surface area (Å²) in [5, 5.41) is 0. The lowest BCUT2D eigenvalue weighted by molar-refractivity contribution is -0.132. The van der Waals surface area contributed by atoms with Crippen LogP contribution in [0.3, 0.4) is 0 Å². The Bertz CT molecular complexity index is 660. The van der Waals surface area contributed by atoms with Gasteiger partial charge in [0, 0.05) is 31.8 Å². The molecule has 0 bridgehead atoms. The highest BCUT2D eigenvalue weighted by molar-refractivity contribution is 5.77. The second kappa shape index (κ2) is 7.22. The van der Waals surface area contributed by atoms with E-state index in [-0.39, 0.29) is 11.9 Å². The average molecular weight is 311 g/mol. The van der Waals surface area contributed by atoms with Crippen molar-refractivity contribution < 1.29 is 9.53 Å². The molecule has 1 atom stereocenters. The fourth-order valence-corrected chi connectivity index (χ4v) is 3.08. The second-order valence-electron chi connectivity index (χ2n) is 5.69. The largest absolute Gasteiger partial charge is 0.497 e. The van der Waals surface area contributed by atoms with E-state index in [1.54, 1.807) is 25.6 Å². The minimum absolute atomic E-state index is 0.147. The van der Waals surface area contributed by atoms with Gasteiger partial charge in [-0.25, -0.2) is 9.97 Å². The third-order valence-electron chi connectivity index (χ3n) is 4.23. The lowest BCUT2D eigenvalue weighted by Gasteiger charge is -2.25. The molecule has 1 saturated heterocycles. The van der Waals surface area contributed by atoms with Crippen molar-refractivity contribution in [2.24, 2.45) is 0 Å². The molecule has 1 fully saturated rings. The summed E-state index contributed by atoms with van der Waals surface area (Å²) in [5.74, 6) is 1.72. The van der Waals surface area contributed by atoms with Crippen LogP contribution in [0.25, 0.3) is 0 Å². The molecular formula is C18H21N3O2. The lowest BCUT2D eigenvalue weighted by atomic mass is 10.0. The zero-order chi connectivity index (χ0) is 16.1. The number of amides is 1. The first-order chi connectivity index (χ1) is 11.3. The smallest absolute Gasteiger partial charge is 0.223 e. The number of hydrogen-bond acceptors (Lipinski definition) is 4. The van der Waals surface area contributed by atoms with Gasteiger partial charge in [-0.2, -0.15) is 0 Å². The Morgan fingerprint density at radius 2 is 2.13 bits per heavy atom. The van der Waals surface area contributed by atoms with E-state index in [0.717, 1.165) is 36.5 Å². The third kappa shape index (κ3) is 3.67. The van der Waals surface area contributed by atoms with E-state index < -0.39 is 0 Å². The van der Waals surface area contributed by atoms with E-state index in [1.807, 2.05) is 23.1 Å². The molecule has 23 heavy (non-hydrogen) atoms. The number of aromatic nitrogens is 2. The molecule has 0 spiro atoms. The number of nitrogens with zero attached hydrogens (tertiary/aromatic N) is 3. The van der Waals surface area contributed by atoms with Gasteiger partial charge in [-0.3, -0.25) is 4.79 Å². The number of benzene rings is 1. The molecule has 1 unspecified atom stereocenters. The van der Waals surface area contributed by atoms with E-state index in [0.29, 0.717) is 12.8 Å². The Morgan fingerprint density at radius 3 is 2.91 bits per heavy atom. The van der Waals surface area contributed by atoms with Crippen molar-refractivity contribution in [1.29, 1.82) is 0 Å². The van der Waals surface area contributed by atoms with Crippen LogP contribution < -0.4 is 4.74 Å². The molecule has 2 heterocycles. The molecular weight excluding hydrogens is 290 g/mol. The van der Waals surface area contributed by atoms with E-state index in [4.69, 9.17) is 4.74 Å². The van der Waals surface area contributed by atoms with Crippen molar-refractivity contribution in [2.75, 3.05) is 13.7 Å². The molecule has 5 nitrogen and oxygen atoms in total. The first-order valence-corrected chi connectivity index (χ1v) is 7.97. The summed E-state index contributed by atoms with van der Waals surface area (Å²) in [4.78, 5) is 22.9. The topological polar surface area (TPSA) is 55.3 Å². The molecule has 1 aliphatic heterocycles. The summed E-state index contributed by atoms with van der Waals surface area (Å²) >= 11 is 0. The van der Waals surface area contributed by atoms with Crippen LogP contribution in [0.4, 0.5) is 0 Å². The molecule has 0 aliphatic carbocycles. The molecule has 1 aromatic heterocycles. The number of carbonyl (C=O) groups excluding carboxylic acids is 1. The van der Waals surface area contributed by atoms with Crippen LogP contribution in [0, 0.1) is 0 Å². The van der Waals surface area contributed by atoms with Gasteiger partial charge in [0.2, 0.25) is 5.91 Å². The van der Waals surface area contributed by atoms with Crippen molar-refractivity contribution in [2.45, 2.75) is 31.7 Å². The van der Waals surface area contributed by atoms with Crippen LogP contribution in [0.15, 0.2) is 42.7 Å². The van der Waals surface area contributed by atoms with Gasteiger partial charge < -0.3 is 9.64 Å². The fraction of sp³-hybridized carbons (Fsp3) is 0.389. The van der Waals surface area contributed by atoms with Gasteiger partial charge >= 0.3 is 0 Å². The zero-order valence-electron chi connectivity index (χ0n) is 13.3. The highest BCUT2D eigenvalue weighted by Gasteiger charge is 2.29. The Kier molecular flexibility index (Phi) is 4.86. The van der Waals surface area contributed by atoms with E-state index in [2.05, 4.69) is 16.0 Å². The van der Waals surface area contributed by atoms with Crippen molar-refractivity contribution in [3.05, 3.63) is 54.1 Å². The summed E-state index contributed by atoms with van der Waals surface area (Å²) < 4.78 is 5.30. The Labute approximate surface area is 136 Å². The maximum absolute atomic E-state index is 12.6. The van der Waals surface area contributed by atoms with Crippen molar-refractivity contribution in [3.8, 4) is 5.75 Å². The summed E-state index contributed by atoms with van der Waals surface area (Å²) in [7, 11) is 1.66. The molecule has 1 aromatic carbocycles. The molecule has 0 N–H and O–H groups in total. The van der Waals surface area contributed by atoms with Gasteiger partial charge in [0.25, 0.3) is 0 Å². The molecule has 3 rings (SSSR count). The predicted octanol–water partition coefficient (Wildman–Crippen LogP) is 2.78. The van der Waals surface area contributed by atoms with Gasteiger partial charge in [-0.15, -0.1) is 0 Å². The second-order valence-corrected chi connectivity index (χ2v) is 5.69. The summed E-state index contributed by atoms with van der Waals surface area (Å²) in [6.45, 7) is 0.816. The number of rotatable bonds is 5. The zero-order valence-corrected chi connectivity index (χ0v) is 13.3.